The Morgan fingerprint density at radius 1 is 1.53 bits per heavy atom. The second kappa shape index (κ2) is 6.77. The maximum Gasteiger partial charge on any atom is 0.335 e. The first-order chi connectivity index (χ1) is 9.11. The van der Waals surface area contributed by atoms with Gasteiger partial charge in [0, 0.05) is 22.3 Å². The SMILES string of the molecule is CSC1CCCC1NCc1ccc(C(=O)O)cc1Br. The maximum absolute atomic E-state index is 10.9. The molecule has 1 fully saturated rings. The highest BCUT2D eigenvalue weighted by Crippen LogP contribution is 2.29. The lowest BCUT2D eigenvalue weighted by molar-refractivity contribution is 0.0697. The van der Waals surface area contributed by atoms with Gasteiger partial charge in [0.15, 0.2) is 0 Å². The van der Waals surface area contributed by atoms with Gasteiger partial charge in [0.1, 0.15) is 0 Å². The molecule has 1 aliphatic carbocycles. The molecule has 0 radical (unpaired) electrons. The van der Waals surface area contributed by atoms with Gasteiger partial charge in [-0.3, -0.25) is 0 Å². The number of aromatic carboxylic acids is 1. The van der Waals surface area contributed by atoms with E-state index >= 15 is 0 Å². The molecule has 0 aliphatic heterocycles. The molecule has 0 saturated heterocycles. The molecule has 104 valence electrons. The van der Waals surface area contributed by atoms with E-state index in [2.05, 4.69) is 27.5 Å². The van der Waals surface area contributed by atoms with Crippen molar-refractivity contribution >= 4 is 33.7 Å². The van der Waals surface area contributed by atoms with E-state index < -0.39 is 5.97 Å². The van der Waals surface area contributed by atoms with Crippen LogP contribution in [0.5, 0.6) is 0 Å². The summed E-state index contributed by atoms with van der Waals surface area (Å²) in [5, 5.41) is 13.2. The summed E-state index contributed by atoms with van der Waals surface area (Å²) in [5.74, 6) is -0.890. The number of rotatable bonds is 5. The molecule has 1 saturated carbocycles. The topological polar surface area (TPSA) is 49.3 Å². The smallest absolute Gasteiger partial charge is 0.335 e. The fraction of sp³-hybridized carbons (Fsp3) is 0.500. The van der Waals surface area contributed by atoms with Crippen LogP contribution in [0.1, 0.15) is 35.2 Å². The second-order valence-electron chi connectivity index (χ2n) is 4.80. The molecule has 1 aromatic rings. The van der Waals surface area contributed by atoms with Crippen LogP contribution in [0.2, 0.25) is 0 Å². The van der Waals surface area contributed by atoms with Crippen molar-refractivity contribution in [2.24, 2.45) is 0 Å². The first-order valence-electron chi connectivity index (χ1n) is 6.39. The molecular formula is C14H18BrNO2S. The molecule has 3 nitrogen and oxygen atoms in total. The predicted molar refractivity (Wildman–Crippen MR) is 82.9 cm³/mol. The normalized spacial score (nSPS) is 22.6. The number of carboxylic acids is 1. The van der Waals surface area contributed by atoms with Crippen molar-refractivity contribution in [1.29, 1.82) is 0 Å². The van der Waals surface area contributed by atoms with Gasteiger partial charge in [0.05, 0.1) is 5.56 Å². The first-order valence-corrected chi connectivity index (χ1v) is 8.48. The number of hydrogen-bond donors (Lipinski definition) is 2. The Hall–Kier alpha value is -0.520. The lowest BCUT2D eigenvalue weighted by atomic mass is 10.1. The van der Waals surface area contributed by atoms with Gasteiger partial charge in [-0.15, -0.1) is 0 Å². The predicted octanol–water partition coefficient (Wildman–Crippen LogP) is 3.52. The van der Waals surface area contributed by atoms with Gasteiger partial charge >= 0.3 is 5.97 Å². The molecule has 5 heteroatoms. The number of nitrogens with one attached hydrogen (secondary N) is 1. The van der Waals surface area contributed by atoms with E-state index in [4.69, 9.17) is 5.11 Å². The Morgan fingerprint density at radius 2 is 2.32 bits per heavy atom. The Morgan fingerprint density at radius 3 is 2.95 bits per heavy atom. The van der Waals surface area contributed by atoms with E-state index in [0.29, 0.717) is 16.9 Å². The van der Waals surface area contributed by atoms with E-state index in [-0.39, 0.29) is 0 Å². The second-order valence-corrected chi connectivity index (χ2v) is 6.74. The molecule has 0 bridgehead atoms. The van der Waals surface area contributed by atoms with Crippen molar-refractivity contribution in [3.63, 3.8) is 0 Å². The van der Waals surface area contributed by atoms with Crippen molar-refractivity contribution in [3.8, 4) is 0 Å². The molecule has 2 atom stereocenters. The summed E-state index contributed by atoms with van der Waals surface area (Å²) in [6.07, 6.45) is 5.98. The van der Waals surface area contributed by atoms with Crippen molar-refractivity contribution in [1.82, 2.24) is 5.32 Å². The lowest BCUT2D eigenvalue weighted by Gasteiger charge is -2.19. The van der Waals surface area contributed by atoms with Gasteiger partial charge in [0.25, 0.3) is 0 Å². The highest BCUT2D eigenvalue weighted by Gasteiger charge is 2.25. The molecule has 19 heavy (non-hydrogen) atoms. The van der Waals surface area contributed by atoms with Crippen LogP contribution >= 0.6 is 27.7 Å². The summed E-state index contributed by atoms with van der Waals surface area (Å²) in [6.45, 7) is 0.780. The van der Waals surface area contributed by atoms with Gasteiger partial charge in [-0.25, -0.2) is 4.79 Å². The minimum atomic E-state index is -0.890. The molecule has 0 amide bonds. The Kier molecular flexibility index (Phi) is 5.30. The van der Waals surface area contributed by atoms with Gasteiger partial charge < -0.3 is 10.4 Å². The third-order valence-corrected chi connectivity index (χ3v) is 5.52. The fourth-order valence-electron chi connectivity index (χ4n) is 2.51. The molecule has 0 spiro atoms. The summed E-state index contributed by atoms with van der Waals surface area (Å²) in [4.78, 5) is 10.9. The van der Waals surface area contributed by atoms with E-state index in [1.165, 1.54) is 19.3 Å². The van der Waals surface area contributed by atoms with E-state index in [9.17, 15) is 4.79 Å². The van der Waals surface area contributed by atoms with Crippen molar-refractivity contribution in [2.45, 2.75) is 37.1 Å². The van der Waals surface area contributed by atoms with Gasteiger partial charge in [-0.05, 0) is 36.8 Å². The van der Waals surface area contributed by atoms with E-state index in [1.54, 1.807) is 12.1 Å². The quantitative estimate of drug-likeness (QED) is 0.858. The van der Waals surface area contributed by atoms with Gasteiger partial charge in [0.2, 0.25) is 0 Å². The molecule has 1 aliphatic rings. The van der Waals surface area contributed by atoms with Crippen LogP contribution in [0.3, 0.4) is 0 Å². The molecule has 2 rings (SSSR count). The minimum Gasteiger partial charge on any atom is -0.478 e. The van der Waals surface area contributed by atoms with E-state index in [0.717, 1.165) is 16.6 Å². The summed E-state index contributed by atoms with van der Waals surface area (Å²) in [6, 6.07) is 5.77. The van der Waals surface area contributed by atoms with Crippen LogP contribution in [0.15, 0.2) is 22.7 Å². The molecule has 2 N–H and O–H groups in total. The van der Waals surface area contributed by atoms with Crippen molar-refractivity contribution in [2.75, 3.05) is 6.26 Å². The largest absolute Gasteiger partial charge is 0.478 e. The number of hydrogen-bond acceptors (Lipinski definition) is 3. The van der Waals surface area contributed by atoms with Crippen LogP contribution in [0.25, 0.3) is 0 Å². The standard InChI is InChI=1S/C14H18BrNO2S/c1-19-13-4-2-3-12(13)16-8-10-6-5-9(14(17)18)7-11(10)15/h5-7,12-13,16H,2-4,8H2,1H3,(H,17,18). The van der Waals surface area contributed by atoms with Crippen LogP contribution in [-0.2, 0) is 6.54 Å². The summed E-state index contributed by atoms with van der Waals surface area (Å²) < 4.78 is 0.860. The highest BCUT2D eigenvalue weighted by atomic mass is 79.9. The number of carbonyl (C=O) groups is 1. The first kappa shape index (κ1) is 14.9. The lowest BCUT2D eigenvalue weighted by Crippen LogP contribution is -2.33. The summed E-state index contributed by atoms with van der Waals surface area (Å²) in [5.41, 5.74) is 1.43. The zero-order valence-electron chi connectivity index (χ0n) is 10.9. The number of benzene rings is 1. The average molecular weight is 344 g/mol. The molecule has 0 aromatic heterocycles. The number of thioether (sulfide) groups is 1. The third kappa shape index (κ3) is 3.74. The monoisotopic (exact) mass is 343 g/mol. The molecule has 0 heterocycles. The Balaban J connectivity index is 1.98. The summed E-state index contributed by atoms with van der Waals surface area (Å²) in [7, 11) is 0. The minimum absolute atomic E-state index is 0.318. The van der Waals surface area contributed by atoms with Crippen LogP contribution < -0.4 is 5.32 Å². The van der Waals surface area contributed by atoms with Crippen LogP contribution in [-0.4, -0.2) is 28.6 Å². The van der Waals surface area contributed by atoms with E-state index in [1.807, 2.05) is 17.8 Å². The number of halogens is 1. The Bertz CT molecular complexity index is 467. The maximum atomic E-state index is 10.9. The molecule has 2 unspecified atom stereocenters. The van der Waals surface area contributed by atoms with Crippen molar-refractivity contribution in [3.05, 3.63) is 33.8 Å². The summed E-state index contributed by atoms with van der Waals surface area (Å²) >= 11 is 5.38. The number of carboxylic acid groups (broad SMARTS) is 1. The third-order valence-electron chi connectivity index (χ3n) is 3.61. The fourth-order valence-corrected chi connectivity index (χ4v) is 3.99. The average Bonchev–Trinajstić information content (AvgIpc) is 2.84. The van der Waals surface area contributed by atoms with Gasteiger partial charge in [-0.2, -0.15) is 11.8 Å². The Labute approximate surface area is 126 Å². The zero-order chi connectivity index (χ0) is 13.8. The highest BCUT2D eigenvalue weighted by molar-refractivity contribution is 9.10. The van der Waals surface area contributed by atoms with Crippen molar-refractivity contribution < 1.29 is 9.90 Å². The molecule has 1 aromatic carbocycles. The van der Waals surface area contributed by atoms with Crippen LogP contribution in [0, 0.1) is 0 Å². The van der Waals surface area contributed by atoms with Gasteiger partial charge in [-0.1, -0.05) is 28.4 Å². The van der Waals surface area contributed by atoms with Crippen LogP contribution in [0.4, 0.5) is 0 Å². The zero-order valence-corrected chi connectivity index (χ0v) is 13.3. The molecular weight excluding hydrogens is 326 g/mol.